The molecule has 0 aliphatic heterocycles. The molecule has 0 unspecified atom stereocenters. The van der Waals surface area contributed by atoms with E-state index in [1.807, 2.05) is 37.3 Å². The molecule has 28 heavy (non-hydrogen) atoms. The summed E-state index contributed by atoms with van der Waals surface area (Å²) in [6.07, 6.45) is 4.11. The van der Waals surface area contributed by atoms with Gasteiger partial charge in [0.05, 0.1) is 22.3 Å². The van der Waals surface area contributed by atoms with Crippen LogP contribution in [-0.4, -0.2) is 15.7 Å². The Morgan fingerprint density at radius 2 is 1.86 bits per heavy atom. The molecule has 2 heterocycles. The smallest absolute Gasteiger partial charge is 0.249 e. The number of fused-ring (bicyclic) bond motifs is 1. The highest BCUT2D eigenvalue weighted by molar-refractivity contribution is 6.01. The summed E-state index contributed by atoms with van der Waals surface area (Å²) in [5.74, 6) is 0.175. The van der Waals surface area contributed by atoms with Crippen LogP contribution in [0, 0.1) is 6.92 Å². The van der Waals surface area contributed by atoms with Crippen LogP contribution >= 0.6 is 0 Å². The van der Waals surface area contributed by atoms with Gasteiger partial charge in [0.25, 0.3) is 0 Å². The topological polar surface area (TPSA) is 77.1 Å². The van der Waals surface area contributed by atoms with Gasteiger partial charge in [-0.25, -0.2) is 4.68 Å². The molecule has 4 aromatic rings. The van der Waals surface area contributed by atoms with Gasteiger partial charge in [-0.15, -0.1) is 0 Å². The van der Waals surface area contributed by atoms with Crippen LogP contribution in [0.3, 0.4) is 0 Å². The SMILES string of the molecule is Cc1cc(NC(=O)/C=C/c2coc3ccccc3c2=O)n(-c2ccccc2)n1. The fourth-order valence-corrected chi connectivity index (χ4v) is 2.90. The zero-order valence-corrected chi connectivity index (χ0v) is 15.1. The molecule has 0 saturated heterocycles. The van der Waals surface area contributed by atoms with Crippen molar-refractivity contribution in [1.82, 2.24) is 9.78 Å². The van der Waals surface area contributed by atoms with E-state index < -0.39 is 0 Å². The van der Waals surface area contributed by atoms with Gasteiger partial charge in [0, 0.05) is 12.1 Å². The number of anilines is 1. The zero-order chi connectivity index (χ0) is 19.5. The van der Waals surface area contributed by atoms with Gasteiger partial charge in [-0.1, -0.05) is 30.3 Å². The lowest BCUT2D eigenvalue weighted by Gasteiger charge is -2.07. The Morgan fingerprint density at radius 3 is 2.68 bits per heavy atom. The van der Waals surface area contributed by atoms with E-state index in [0.717, 1.165) is 11.4 Å². The maximum atomic E-state index is 12.5. The fourth-order valence-electron chi connectivity index (χ4n) is 2.90. The predicted molar refractivity (Wildman–Crippen MR) is 108 cm³/mol. The van der Waals surface area contributed by atoms with Gasteiger partial charge in [0.15, 0.2) is 5.43 Å². The van der Waals surface area contributed by atoms with Crippen LogP contribution in [0.25, 0.3) is 22.7 Å². The molecule has 0 fully saturated rings. The number of hydrogen-bond donors (Lipinski definition) is 1. The van der Waals surface area contributed by atoms with E-state index in [9.17, 15) is 9.59 Å². The summed E-state index contributed by atoms with van der Waals surface area (Å²) in [5.41, 5.74) is 2.25. The molecule has 2 aromatic carbocycles. The molecule has 1 amide bonds. The van der Waals surface area contributed by atoms with E-state index in [0.29, 0.717) is 22.4 Å². The van der Waals surface area contributed by atoms with E-state index >= 15 is 0 Å². The van der Waals surface area contributed by atoms with Gasteiger partial charge in [0.2, 0.25) is 5.91 Å². The maximum Gasteiger partial charge on any atom is 0.249 e. The lowest BCUT2D eigenvalue weighted by molar-refractivity contribution is -0.111. The highest BCUT2D eigenvalue weighted by Gasteiger charge is 2.10. The van der Waals surface area contributed by atoms with E-state index in [2.05, 4.69) is 10.4 Å². The van der Waals surface area contributed by atoms with Crippen molar-refractivity contribution in [1.29, 1.82) is 0 Å². The fraction of sp³-hybridized carbons (Fsp3) is 0.0455. The Hall–Kier alpha value is -3.93. The first-order valence-corrected chi connectivity index (χ1v) is 8.73. The first-order chi connectivity index (χ1) is 13.6. The Balaban J connectivity index is 1.58. The number of carbonyl (C=O) groups excluding carboxylic acids is 1. The van der Waals surface area contributed by atoms with Crippen molar-refractivity contribution in [3.8, 4) is 5.69 Å². The van der Waals surface area contributed by atoms with Crippen LogP contribution < -0.4 is 10.7 Å². The molecular weight excluding hydrogens is 354 g/mol. The second kappa shape index (κ2) is 7.36. The molecule has 138 valence electrons. The monoisotopic (exact) mass is 371 g/mol. The summed E-state index contributed by atoms with van der Waals surface area (Å²) >= 11 is 0. The van der Waals surface area contributed by atoms with Gasteiger partial charge in [-0.2, -0.15) is 5.10 Å². The van der Waals surface area contributed by atoms with Crippen molar-refractivity contribution in [3.05, 3.63) is 94.5 Å². The van der Waals surface area contributed by atoms with Gasteiger partial charge < -0.3 is 9.73 Å². The average molecular weight is 371 g/mol. The average Bonchev–Trinajstić information content (AvgIpc) is 3.08. The van der Waals surface area contributed by atoms with E-state index in [4.69, 9.17) is 4.42 Å². The third kappa shape index (κ3) is 3.48. The first kappa shape index (κ1) is 17.5. The number of carbonyl (C=O) groups is 1. The second-order valence-corrected chi connectivity index (χ2v) is 6.26. The number of hydrogen-bond acceptors (Lipinski definition) is 4. The molecule has 6 nitrogen and oxygen atoms in total. The minimum atomic E-state index is -0.371. The summed E-state index contributed by atoms with van der Waals surface area (Å²) in [6, 6.07) is 18.3. The quantitative estimate of drug-likeness (QED) is 0.551. The van der Waals surface area contributed by atoms with Gasteiger partial charge in [-0.05, 0) is 37.3 Å². The number of aromatic nitrogens is 2. The summed E-state index contributed by atoms with van der Waals surface area (Å²) in [6.45, 7) is 1.85. The summed E-state index contributed by atoms with van der Waals surface area (Å²) in [5, 5.41) is 7.69. The van der Waals surface area contributed by atoms with E-state index in [1.165, 1.54) is 18.4 Å². The molecule has 0 atom stereocenters. The Kier molecular flexibility index (Phi) is 4.60. The first-order valence-electron chi connectivity index (χ1n) is 8.73. The van der Waals surface area contributed by atoms with Gasteiger partial charge in [0.1, 0.15) is 17.7 Å². The molecule has 2 aromatic heterocycles. The Morgan fingerprint density at radius 1 is 1.11 bits per heavy atom. The molecule has 1 N–H and O–H groups in total. The summed E-state index contributed by atoms with van der Waals surface area (Å²) < 4.78 is 7.12. The molecule has 6 heteroatoms. The van der Waals surface area contributed by atoms with Crippen LogP contribution in [0.15, 0.2) is 82.2 Å². The molecule has 0 aliphatic rings. The lowest BCUT2D eigenvalue weighted by atomic mass is 10.1. The third-order valence-corrected chi connectivity index (χ3v) is 4.20. The predicted octanol–water partition coefficient (Wildman–Crippen LogP) is 3.94. The number of benzene rings is 2. The van der Waals surface area contributed by atoms with Crippen molar-refractivity contribution in [2.24, 2.45) is 0 Å². The lowest BCUT2D eigenvalue weighted by Crippen LogP contribution is -2.12. The van der Waals surface area contributed by atoms with Crippen molar-refractivity contribution >= 4 is 28.8 Å². The highest BCUT2D eigenvalue weighted by atomic mass is 16.3. The van der Waals surface area contributed by atoms with Gasteiger partial charge in [-0.3, -0.25) is 9.59 Å². The van der Waals surface area contributed by atoms with Crippen LogP contribution in [0.4, 0.5) is 5.82 Å². The summed E-state index contributed by atoms with van der Waals surface area (Å²) in [4.78, 5) is 24.9. The minimum Gasteiger partial charge on any atom is -0.463 e. The van der Waals surface area contributed by atoms with Crippen LogP contribution in [0.2, 0.25) is 0 Å². The molecule has 0 aliphatic carbocycles. The van der Waals surface area contributed by atoms with Gasteiger partial charge >= 0.3 is 0 Å². The number of nitrogens with one attached hydrogen (secondary N) is 1. The normalized spacial score (nSPS) is 11.2. The largest absolute Gasteiger partial charge is 0.463 e. The maximum absolute atomic E-state index is 12.5. The Labute approximate surface area is 160 Å². The number of aryl methyl sites for hydroxylation is 1. The minimum absolute atomic E-state index is 0.184. The third-order valence-electron chi connectivity index (χ3n) is 4.20. The molecule has 0 radical (unpaired) electrons. The second-order valence-electron chi connectivity index (χ2n) is 6.26. The van der Waals surface area contributed by atoms with Crippen molar-refractivity contribution in [3.63, 3.8) is 0 Å². The standard InChI is InChI=1S/C22H17N3O3/c1-15-13-20(25(24-15)17-7-3-2-4-8-17)23-21(26)12-11-16-14-28-19-10-6-5-9-18(19)22(16)27/h2-14H,1H3,(H,23,26)/b12-11+. The zero-order valence-electron chi connectivity index (χ0n) is 15.1. The number of amides is 1. The number of nitrogens with zero attached hydrogens (tertiary/aromatic N) is 2. The van der Waals surface area contributed by atoms with E-state index in [1.54, 1.807) is 35.0 Å². The Bertz CT molecular complexity index is 1240. The molecule has 0 bridgehead atoms. The van der Waals surface area contributed by atoms with E-state index in [-0.39, 0.29) is 11.3 Å². The van der Waals surface area contributed by atoms with Crippen LogP contribution in [-0.2, 0) is 4.79 Å². The van der Waals surface area contributed by atoms with Crippen molar-refractivity contribution in [2.45, 2.75) is 6.92 Å². The summed E-state index contributed by atoms with van der Waals surface area (Å²) in [7, 11) is 0. The number of para-hydroxylation sites is 2. The van der Waals surface area contributed by atoms with Crippen LogP contribution in [0.5, 0.6) is 0 Å². The molecule has 0 saturated carbocycles. The molecule has 4 rings (SSSR count). The van der Waals surface area contributed by atoms with Crippen molar-refractivity contribution in [2.75, 3.05) is 5.32 Å². The molecule has 0 spiro atoms. The van der Waals surface area contributed by atoms with Crippen molar-refractivity contribution < 1.29 is 9.21 Å². The van der Waals surface area contributed by atoms with Crippen LogP contribution in [0.1, 0.15) is 11.3 Å². The number of rotatable bonds is 4. The highest BCUT2D eigenvalue weighted by Crippen LogP contribution is 2.17. The molecular formula is C22H17N3O3.